The summed E-state index contributed by atoms with van der Waals surface area (Å²) in [6.45, 7) is 3.35. The van der Waals surface area contributed by atoms with Crippen LogP contribution in [0.1, 0.15) is 17.1 Å². The van der Waals surface area contributed by atoms with Crippen molar-refractivity contribution in [3.05, 3.63) is 46.8 Å². The molecule has 0 bridgehead atoms. The molecule has 1 aromatic carbocycles. The number of hydrogen-bond donors (Lipinski definition) is 0. The molecule has 6 nitrogen and oxygen atoms in total. The molecule has 0 saturated heterocycles. The van der Waals surface area contributed by atoms with Gasteiger partial charge in [-0.05, 0) is 26.1 Å². The van der Waals surface area contributed by atoms with Crippen LogP contribution in [0, 0.1) is 6.92 Å². The van der Waals surface area contributed by atoms with E-state index in [1.54, 1.807) is 25.6 Å². The van der Waals surface area contributed by atoms with Gasteiger partial charge in [0.1, 0.15) is 22.3 Å². The maximum Gasteiger partial charge on any atom is 0.133 e. The fraction of sp³-hybridized carbons (Fsp3) is 0.333. The molecular formula is C18H21N3O3S. The third-order valence-electron chi connectivity index (χ3n) is 3.73. The number of aryl methyl sites for hydroxylation is 1. The van der Waals surface area contributed by atoms with E-state index in [2.05, 4.69) is 15.4 Å². The van der Waals surface area contributed by atoms with Gasteiger partial charge >= 0.3 is 0 Å². The molecule has 25 heavy (non-hydrogen) atoms. The monoisotopic (exact) mass is 359 g/mol. The van der Waals surface area contributed by atoms with Crippen molar-refractivity contribution in [2.75, 3.05) is 21.3 Å². The van der Waals surface area contributed by atoms with E-state index >= 15 is 0 Å². The van der Waals surface area contributed by atoms with E-state index in [4.69, 9.17) is 19.0 Å². The second-order valence-corrected chi connectivity index (χ2v) is 6.67. The second-order valence-electron chi connectivity index (χ2n) is 5.81. The lowest BCUT2D eigenvalue weighted by molar-refractivity contribution is 0.299. The van der Waals surface area contributed by atoms with Gasteiger partial charge in [-0.15, -0.1) is 11.3 Å². The molecule has 0 fully saturated rings. The largest absolute Gasteiger partial charge is 0.497 e. The smallest absolute Gasteiger partial charge is 0.133 e. The predicted molar refractivity (Wildman–Crippen MR) is 97.1 cm³/mol. The van der Waals surface area contributed by atoms with Gasteiger partial charge in [-0.25, -0.2) is 4.98 Å². The summed E-state index contributed by atoms with van der Waals surface area (Å²) in [5.74, 6) is 2.35. The first-order valence-corrected chi connectivity index (χ1v) is 8.74. The average molecular weight is 359 g/mol. The van der Waals surface area contributed by atoms with Crippen LogP contribution in [0.3, 0.4) is 0 Å². The molecule has 0 amide bonds. The molecule has 0 unspecified atom stereocenters. The second kappa shape index (κ2) is 7.67. The molecule has 7 heteroatoms. The van der Waals surface area contributed by atoms with E-state index in [0.717, 1.165) is 52.3 Å². The molecule has 0 radical (unpaired) electrons. The van der Waals surface area contributed by atoms with Gasteiger partial charge in [0.25, 0.3) is 0 Å². The van der Waals surface area contributed by atoms with Crippen LogP contribution in [0.4, 0.5) is 0 Å². The maximum atomic E-state index is 5.47. The minimum absolute atomic E-state index is 0.718. The highest BCUT2D eigenvalue weighted by molar-refractivity contribution is 7.13. The molecule has 0 aliphatic heterocycles. The summed E-state index contributed by atoms with van der Waals surface area (Å²) in [6, 6.07) is 7.71. The van der Waals surface area contributed by atoms with Crippen LogP contribution < -0.4 is 9.47 Å². The molecule has 3 aromatic rings. The zero-order chi connectivity index (χ0) is 17.8. The fourth-order valence-electron chi connectivity index (χ4n) is 2.58. The van der Waals surface area contributed by atoms with Crippen molar-refractivity contribution in [2.45, 2.75) is 20.0 Å². The highest BCUT2D eigenvalue weighted by atomic mass is 32.1. The lowest BCUT2D eigenvalue weighted by Crippen LogP contribution is -2.17. The molecule has 3 rings (SSSR count). The van der Waals surface area contributed by atoms with E-state index in [0.29, 0.717) is 0 Å². The first kappa shape index (κ1) is 17.4. The Hall–Kier alpha value is -2.38. The van der Waals surface area contributed by atoms with Crippen molar-refractivity contribution in [1.29, 1.82) is 0 Å². The fourth-order valence-corrected chi connectivity index (χ4v) is 3.42. The summed E-state index contributed by atoms with van der Waals surface area (Å²) in [4.78, 5) is 6.90. The lowest BCUT2D eigenvalue weighted by atomic mass is 10.2. The minimum Gasteiger partial charge on any atom is -0.497 e. The average Bonchev–Trinajstić information content (AvgIpc) is 3.23. The molecule has 0 aliphatic carbocycles. The highest BCUT2D eigenvalue weighted by Gasteiger charge is 2.13. The summed E-state index contributed by atoms with van der Waals surface area (Å²) in [6.07, 6.45) is 0. The van der Waals surface area contributed by atoms with Gasteiger partial charge in [0.15, 0.2) is 0 Å². The van der Waals surface area contributed by atoms with Crippen LogP contribution in [0.5, 0.6) is 11.5 Å². The molecule has 0 saturated carbocycles. The van der Waals surface area contributed by atoms with Crippen molar-refractivity contribution in [3.8, 4) is 22.1 Å². The van der Waals surface area contributed by atoms with E-state index in [9.17, 15) is 0 Å². The Morgan fingerprint density at radius 2 is 1.92 bits per heavy atom. The first-order valence-electron chi connectivity index (χ1n) is 7.86. The van der Waals surface area contributed by atoms with Gasteiger partial charge in [-0.3, -0.25) is 4.90 Å². The quantitative estimate of drug-likeness (QED) is 0.640. The summed E-state index contributed by atoms with van der Waals surface area (Å²) >= 11 is 1.61. The number of thiazole rings is 1. The Kier molecular flexibility index (Phi) is 5.35. The van der Waals surface area contributed by atoms with E-state index in [-0.39, 0.29) is 0 Å². The molecule has 0 spiro atoms. The van der Waals surface area contributed by atoms with Gasteiger partial charge in [-0.2, -0.15) is 0 Å². The zero-order valence-corrected chi connectivity index (χ0v) is 15.6. The number of hydrogen-bond acceptors (Lipinski definition) is 7. The van der Waals surface area contributed by atoms with Crippen molar-refractivity contribution >= 4 is 11.3 Å². The Morgan fingerprint density at radius 1 is 1.12 bits per heavy atom. The first-order chi connectivity index (χ1) is 12.1. The Balaban J connectivity index is 1.72. The third-order valence-corrected chi connectivity index (χ3v) is 4.66. The molecule has 0 aliphatic rings. The summed E-state index contributed by atoms with van der Waals surface area (Å²) in [5, 5.41) is 7.03. The van der Waals surface area contributed by atoms with E-state index in [1.165, 1.54) is 0 Å². The Morgan fingerprint density at radius 3 is 2.60 bits per heavy atom. The predicted octanol–water partition coefficient (Wildman–Crippen LogP) is 3.76. The standard InChI is InChI=1S/C18H21N3O3S/c1-12-7-13(20-24-12)9-21(2)10-14-11-25-18(19-14)16-6-5-15(22-3)8-17(16)23-4/h5-8,11H,9-10H2,1-4H3. The molecule has 2 heterocycles. The van der Waals surface area contributed by atoms with E-state index < -0.39 is 0 Å². The van der Waals surface area contributed by atoms with Gasteiger partial charge in [-0.1, -0.05) is 5.16 Å². The van der Waals surface area contributed by atoms with Gasteiger partial charge < -0.3 is 14.0 Å². The number of methoxy groups -OCH3 is 2. The van der Waals surface area contributed by atoms with E-state index in [1.807, 2.05) is 38.2 Å². The topological polar surface area (TPSA) is 60.6 Å². The van der Waals surface area contributed by atoms with Crippen LogP contribution in [-0.4, -0.2) is 36.3 Å². The van der Waals surface area contributed by atoms with Crippen LogP contribution in [-0.2, 0) is 13.1 Å². The number of ether oxygens (including phenoxy) is 2. The lowest BCUT2D eigenvalue weighted by Gasteiger charge is -2.12. The number of aromatic nitrogens is 2. The molecular weight excluding hydrogens is 338 g/mol. The third kappa shape index (κ3) is 4.18. The van der Waals surface area contributed by atoms with Crippen LogP contribution >= 0.6 is 11.3 Å². The van der Waals surface area contributed by atoms with Crippen molar-refractivity contribution in [2.24, 2.45) is 0 Å². The van der Waals surface area contributed by atoms with Crippen LogP contribution in [0.15, 0.2) is 34.2 Å². The summed E-state index contributed by atoms with van der Waals surface area (Å²) in [7, 11) is 5.33. The van der Waals surface area contributed by atoms with Crippen LogP contribution in [0.25, 0.3) is 10.6 Å². The van der Waals surface area contributed by atoms with Gasteiger partial charge in [0, 0.05) is 30.6 Å². The Labute approximate surface area is 151 Å². The van der Waals surface area contributed by atoms with Crippen molar-refractivity contribution < 1.29 is 14.0 Å². The van der Waals surface area contributed by atoms with Crippen LogP contribution in [0.2, 0.25) is 0 Å². The Bertz CT molecular complexity index is 844. The zero-order valence-electron chi connectivity index (χ0n) is 14.8. The highest BCUT2D eigenvalue weighted by Crippen LogP contribution is 2.35. The number of benzene rings is 1. The minimum atomic E-state index is 0.718. The summed E-state index contributed by atoms with van der Waals surface area (Å²) < 4.78 is 15.8. The van der Waals surface area contributed by atoms with Gasteiger partial charge in [0.05, 0.1) is 31.2 Å². The van der Waals surface area contributed by atoms with Crippen molar-refractivity contribution in [1.82, 2.24) is 15.0 Å². The molecule has 0 atom stereocenters. The van der Waals surface area contributed by atoms with Gasteiger partial charge in [0.2, 0.25) is 0 Å². The summed E-state index contributed by atoms with van der Waals surface area (Å²) in [5.41, 5.74) is 2.90. The van der Waals surface area contributed by atoms with Crippen molar-refractivity contribution in [3.63, 3.8) is 0 Å². The maximum absolute atomic E-state index is 5.47. The SMILES string of the molecule is COc1ccc(-c2nc(CN(C)Cc3cc(C)on3)cs2)c(OC)c1. The number of nitrogens with zero attached hydrogens (tertiary/aromatic N) is 3. The molecule has 2 aromatic heterocycles. The molecule has 132 valence electrons. The number of rotatable bonds is 7. The molecule has 0 N–H and O–H groups in total. The normalized spacial score (nSPS) is 11.1.